The van der Waals surface area contributed by atoms with Crippen LogP contribution in [0.2, 0.25) is 0 Å². The Kier molecular flexibility index (Phi) is 5.65. The van der Waals surface area contributed by atoms with Crippen molar-refractivity contribution >= 4 is 11.8 Å². The highest BCUT2D eigenvalue weighted by atomic mass is 32.2. The fourth-order valence-corrected chi connectivity index (χ4v) is 4.88. The largest absolute Gasteiger partial charge is 0.311 e. The third-order valence-electron chi connectivity index (χ3n) is 5.34. The Morgan fingerprint density at radius 2 is 1.53 bits per heavy atom. The lowest BCUT2D eigenvalue weighted by Crippen LogP contribution is -2.49. The van der Waals surface area contributed by atoms with E-state index in [1.54, 1.807) is 0 Å². The molecule has 0 bridgehead atoms. The zero-order chi connectivity index (χ0) is 13.9. The van der Waals surface area contributed by atoms with Gasteiger partial charge in [-0.2, -0.15) is 11.8 Å². The van der Waals surface area contributed by atoms with Crippen molar-refractivity contribution in [1.82, 2.24) is 5.32 Å². The summed E-state index contributed by atoms with van der Waals surface area (Å²) < 4.78 is 0. The molecule has 2 aliphatic rings. The van der Waals surface area contributed by atoms with Crippen molar-refractivity contribution in [1.29, 1.82) is 0 Å². The van der Waals surface area contributed by atoms with Gasteiger partial charge in [0.1, 0.15) is 0 Å². The molecule has 19 heavy (non-hydrogen) atoms. The van der Waals surface area contributed by atoms with E-state index in [0.717, 1.165) is 23.3 Å². The van der Waals surface area contributed by atoms with Gasteiger partial charge in [0.25, 0.3) is 0 Å². The summed E-state index contributed by atoms with van der Waals surface area (Å²) in [5.41, 5.74) is 0.467. The molecule has 0 spiro atoms. The molecule has 2 rings (SSSR count). The van der Waals surface area contributed by atoms with E-state index in [-0.39, 0.29) is 0 Å². The van der Waals surface area contributed by atoms with Gasteiger partial charge in [-0.05, 0) is 56.1 Å². The van der Waals surface area contributed by atoms with Crippen molar-refractivity contribution in [2.24, 2.45) is 11.3 Å². The molecule has 1 nitrogen and oxygen atoms in total. The topological polar surface area (TPSA) is 12.0 Å². The molecule has 0 radical (unpaired) electrons. The highest BCUT2D eigenvalue weighted by Gasteiger charge is 2.35. The van der Waals surface area contributed by atoms with Crippen LogP contribution in [0.5, 0.6) is 0 Å². The van der Waals surface area contributed by atoms with Crippen molar-refractivity contribution in [2.45, 2.75) is 89.5 Å². The first-order valence-corrected chi connectivity index (χ1v) is 9.58. The number of rotatable bonds is 3. The van der Waals surface area contributed by atoms with Crippen molar-refractivity contribution in [3.63, 3.8) is 0 Å². The van der Waals surface area contributed by atoms with Gasteiger partial charge in [0, 0.05) is 17.3 Å². The summed E-state index contributed by atoms with van der Waals surface area (Å²) in [6, 6.07) is 1.58. The SMILES string of the molecule is CSC1CCC(NC2CCCCC2C(C)(C)C)CC1. The molecule has 2 fully saturated rings. The summed E-state index contributed by atoms with van der Waals surface area (Å²) in [6.45, 7) is 7.30. The number of nitrogens with one attached hydrogen (secondary N) is 1. The molecule has 2 heteroatoms. The predicted octanol–water partition coefficient (Wildman–Crippen LogP) is 4.86. The first kappa shape index (κ1) is 15.7. The van der Waals surface area contributed by atoms with E-state index in [4.69, 9.17) is 0 Å². The molecule has 2 atom stereocenters. The maximum absolute atomic E-state index is 4.05. The van der Waals surface area contributed by atoms with Crippen LogP contribution >= 0.6 is 11.8 Å². The normalized spacial score (nSPS) is 37.3. The Bertz CT molecular complexity index is 263. The van der Waals surface area contributed by atoms with Crippen LogP contribution in [-0.4, -0.2) is 23.6 Å². The van der Waals surface area contributed by atoms with E-state index < -0.39 is 0 Å². The highest BCUT2D eigenvalue weighted by molar-refractivity contribution is 7.99. The summed E-state index contributed by atoms with van der Waals surface area (Å²) in [5, 5.41) is 4.98. The fraction of sp³-hybridized carbons (Fsp3) is 1.00. The summed E-state index contributed by atoms with van der Waals surface area (Å²) in [7, 11) is 0. The van der Waals surface area contributed by atoms with Crippen LogP contribution in [0, 0.1) is 11.3 Å². The van der Waals surface area contributed by atoms with E-state index in [9.17, 15) is 0 Å². The van der Waals surface area contributed by atoms with Crippen LogP contribution in [0.4, 0.5) is 0 Å². The second-order valence-corrected chi connectivity index (χ2v) is 8.88. The molecule has 0 heterocycles. The lowest BCUT2D eigenvalue weighted by Gasteiger charge is -2.43. The Labute approximate surface area is 124 Å². The lowest BCUT2D eigenvalue weighted by atomic mass is 9.69. The van der Waals surface area contributed by atoms with Gasteiger partial charge in [-0.1, -0.05) is 33.6 Å². The van der Waals surface area contributed by atoms with Crippen LogP contribution in [-0.2, 0) is 0 Å². The average molecular weight is 284 g/mol. The molecule has 2 aliphatic carbocycles. The van der Waals surface area contributed by atoms with Crippen LogP contribution in [0.1, 0.15) is 72.1 Å². The molecule has 0 aromatic carbocycles. The molecule has 0 saturated heterocycles. The predicted molar refractivity (Wildman–Crippen MR) is 87.9 cm³/mol. The smallest absolute Gasteiger partial charge is 0.0103 e. The molecule has 0 aromatic heterocycles. The molecule has 2 saturated carbocycles. The van der Waals surface area contributed by atoms with Gasteiger partial charge in [-0.15, -0.1) is 0 Å². The standard InChI is InChI=1S/C17H33NS/c1-17(2,3)15-7-5-6-8-16(15)18-13-9-11-14(19-4)12-10-13/h13-16,18H,5-12H2,1-4H3. The second kappa shape index (κ2) is 6.85. The maximum atomic E-state index is 4.05. The summed E-state index contributed by atoms with van der Waals surface area (Å²) >= 11 is 2.07. The van der Waals surface area contributed by atoms with E-state index in [2.05, 4.69) is 44.1 Å². The zero-order valence-electron chi connectivity index (χ0n) is 13.4. The average Bonchev–Trinajstić information content (AvgIpc) is 2.39. The van der Waals surface area contributed by atoms with Crippen molar-refractivity contribution in [2.75, 3.05) is 6.26 Å². The van der Waals surface area contributed by atoms with Crippen LogP contribution in [0.3, 0.4) is 0 Å². The van der Waals surface area contributed by atoms with Crippen LogP contribution in [0.25, 0.3) is 0 Å². The van der Waals surface area contributed by atoms with Crippen molar-refractivity contribution in [3.05, 3.63) is 0 Å². The van der Waals surface area contributed by atoms with E-state index in [0.29, 0.717) is 5.41 Å². The van der Waals surface area contributed by atoms with Crippen LogP contribution < -0.4 is 5.32 Å². The third-order valence-corrected chi connectivity index (χ3v) is 6.47. The second-order valence-electron chi connectivity index (χ2n) is 7.74. The molecular weight excluding hydrogens is 250 g/mol. The highest BCUT2D eigenvalue weighted by Crippen LogP contribution is 2.39. The summed E-state index contributed by atoms with van der Waals surface area (Å²) in [5.74, 6) is 0.875. The Morgan fingerprint density at radius 3 is 2.11 bits per heavy atom. The summed E-state index contributed by atoms with van der Waals surface area (Å²) in [6.07, 6.45) is 13.6. The fourth-order valence-electron chi connectivity index (χ4n) is 4.13. The Hall–Kier alpha value is 0.310. The minimum atomic E-state index is 0.467. The number of hydrogen-bond donors (Lipinski definition) is 1. The van der Waals surface area contributed by atoms with Gasteiger partial charge in [0.2, 0.25) is 0 Å². The monoisotopic (exact) mass is 283 g/mol. The van der Waals surface area contributed by atoms with Gasteiger partial charge < -0.3 is 5.32 Å². The molecule has 112 valence electrons. The van der Waals surface area contributed by atoms with Gasteiger partial charge >= 0.3 is 0 Å². The third kappa shape index (κ3) is 4.39. The van der Waals surface area contributed by atoms with Gasteiger partial charge in [0.15, 0.2) is 0 Å². The first-order chi connectivity index (χ1) is 9.00. The Balaban J connectivity index is 1.86. The quantitative estimate of drug-likeness (QED) is 0.794. The van der Waals surface area contributed by atoms with E-state index >= 15 is 0 Å². The van der Waals surface area contributed by atoms with Crippen LogP contribution in [0.15, 0.2) is 0 Å². The van der Waals surface area contributed by atoms with Crippen molar-refractivity contribution < 1.29 is 0 Å². The maximum Gasteiger partial charge on any atom is 0.0103 e. The zero-order valence-corrected chi connectivity index (χ0v) is 14.2. The molecule has 0 aliphatic heterocycles. The molecular formula is C17H33NS. The van der Waals surface area contributed by atoms with Crippen molar-refractivity contribution in [3.8, 4) is 0 Å². The minimum absolute atomic E-state index is 0.467. The summed E-state index contributed by atoms with van der Waals surface area (Å²) in [4.78, 5) is 0. The van der Waals surface area contributed by atoms with Gasteiger partial charge in [0.05, 0.1) is 0 Å². The number of hydrogen-bond acceptors (Lipinski definition) is 2. The molecule has 1 N–H and O–H groups in total. The van der Waals surface area contributed by atoms with Gasteiger partial charge in [-0.3, -0.25) is 0 Å². The molecule has 0 aromatic rings. The van der Waals surface area contributed by atoms with E-state index in [1.807, 2.05) is 0 Å². The first-order valence-electron chi connectivity index (χ1n) is 8.29. The number of thioether (sulfide) groups is 1. The van der Waals surface area contributed by atoms with E-state index in [1.165, 1.54) is 51.4 Å². The molecule has 2 unspecified atom stereocenters. The minimum Gasteiger partial charge on any atom is -0.311 e. The lowest BCUT2D eigenvalue weighted by molar-refractivity contribution is 0.118. The Morgan fingerprint density at radius 1 is 0.895 bits per heavy atom. The molecule has 0 amide bonds. The van der Waals surface area contributed by atoms with Gasteiger partial charge in [-0.25, -0.2) is 0 Å².